The minimum atomic E-state index is -0.407. The summed E-state index contributed by atoms with van der Waals surface area (Å²) in [6.07, 6.45) is 18.2. The second-order valence-electron chi connectivity index (χ2n) is 31.0. The van der Waals surface area contributed by atoms with Crippen molar-refractivity contribution < 1.29 is 93.3 Å². The Balaban J connectivity index is -0.000000271. The van der Waals surface area contributed by atoms with Crippen LogP contribution in [0.15, 0.2) is 114 Å². The Morgan fingerprint density at radius 3 is 1.16 bits per heavy atom. The number of halogens is 1. The molecule has 13 N–H and O–H groups in total. The monoisotopic (exact) mass is 1930 g/mol. The molecule has 0 unspecified atom stereocenters. The van der Waals surface area contributed by atoms with Gasteiger partial charge in [0.1, 0.15) is 6.29 Å². The first kappa shape index (κ1) is 138. The van der Waals surface area contributed by atoms with E-state index in [4.69, 9.17) is 9.84 Å². The molecule has 1 aliphatic heterocycles. The molecule has 4 radical (unpaired) electrons. The third-order valence-electron chi connectivity index (χ3n) is 21.6. The van der Waals surface area contributed by atoms with Crippen LogP contribution >= 0.6 is 15.9 Å². The Kier molecular flexibility index (Phi) is 85.2. The second-order valence-corrected chi connectivity index (χ2v) is 31.9. The standard InChI is InChI=1S/C14H24BNO2.C14H22BNO2.C13H19NO2.C13H17NO2.C13H21NO.C13H16O3.C9H11BrO.C4H6O2.C4H8O.C2H5B2O3.CH5N.3CH4.B/c2*1-11-8-13(9-14(10-17)12(11)2)6-5-7-16(4)15(3)18;2*1-9-6-11(4-5-13(16)14-3)7-12(8-15)10(9)2;1-10-7-12(5-4-6-14-3)8-13(9-15)11(10)2;1-9-6-11(4-5-13(15)16-3)7-12(8-14)10(9)2;1-6-3-9(10)4-8(5-11)7(6)2;1-3-4(5)6-2;1-2-4-5-3-1;1-3-7-6-2-4-5;1-2;;;;/h8-9,17-18H,5-7,10H2,1-4H3;8-10,18H,5-7H2,1-4H3;6-7,15H,4-5,8H2,1-3H3,(H,14,16);4-7,15H,8H2,1-3H3,(H,14,16);7-8,14-15H,4-6,9H2,1-3H3;4-7,14H,8H2,1-3H3;3-4,11H,5H2,1-2H3;3H,1H2,2H3;1-4H2;2H2,1H3;2H2,1H3;3*1H4;/b;;;5-4+;;5-4+;;;;;;;;;. The molecule has 744 valence electrons. The van der Waals surface area contributed by atoms with Gasteiger partial charge in [-0.05, 0) is 403 Å². The molecule has 25 nitrogen and oxygen atoms in total. The van der Waals surface area contributed by atoms with Crippen molar-refractivity contribution in [3.8, 4) is 0 Å². The SMILES string of the molecule is C.C.C.C1CCOC1.C=CC(=O)OC.CB(O)N(C)CCCc1cc(C)c(C)c(C=O)c1.CB(O)N(C)CCCc1cc(C)c(C)c(CO)c1.CN.CNC(=O)/C=C/c1cc(C)c(C)c(CO)c1.CNC(=O)CCc1cc(C)c(C)c(CO)c1.CNCCCc1cc(C)c(C)c(CO)c1.COC(=O)/C=C/c1cc(C)c(C)c(CO)c1.C[B]OOCB=O.Cc1cc(Br)cc(CO)c1C.[B]. The molecule has 7 aromatic carbocycles. The molecule has 1 heterocycles. The number of aliphatic hydroxyl groups is 6. The minimum absolute atomic E-state index is 0. The zero-order valence-corrected chi connectivity index (χ0v) is 84.7. The summed E-state index contributed by atoms with van der Waals surface area (Å²) in [5.41, 5.74) is 34.0. The number of aliphatic hydroxyl groups excluding tert-OH is 6. The zero-order chi connectivity index (χ0) is 99.6. The van der Waals surface area contributed by atoms with Crippen LogP contribution in [0.4, 0.5) is 0 Å². The summed E-state index contributed by atoms with van der Waals surface area (Å²) in [4.78, 5) is 66.2. The summed E-state index contributed by atoms with van der Waals surface area (Å²) in [5, 5.41) is 82.1. The number of likely N-dealkylation sites (N-methyl/N-ethyl adjacent to an activating group) is 1. The van der Waals surface area contributed by atoms with E-state index >= 15 is 0 Å². The van der Waals surface area contributed by atoms with E-state index in [0.717, 1.165) is 177 Å². The number of rotatable bonds is 33. The van der Waals surface area contributed by atoms with E-state index in [1.54, 1.807) is 46.7 Å². The van der Waals surface area contributed by atoms with Crippen molar-refractivity contribution in [3.05, 3.63) is 264 Å². The van der Waals surface area contributed by atoms with Crippen molar-refractivity contribution in [2.24, 2.45) is 5.73 Å². The zero-order valence-electron chi connectivity index (χ0n) is 83.1. The Hall–Kier alpha value is -8.69. The van der Waals surface area contributed by atoms with Crippen molar-refractivity contribution in [1.82, 2.24) is 25.6 Å². The molecular weight excluding hydrogens is 1760 g/mol. The van der Waals surface area contributed by atoms with Gasteiger partial charge in [-0.15, -0.1) is 0 Å². The fourth-order valence-corrected chi connectivity index (χ4v) is 12.8. The Labute approximate surface area is 818 Å². The van der Waals surface area contributed by atoms with Gasteiger partial charge in [-0.1, -0.05) is 99.4 Å². The number of methoxy groups -OCH3 is 2. The predicted molar refractivity (Wildman–Crippen MR) is 562 cm³/mol. The van der Waals surface area contributed by atoms with Gasteiger partial charge in [-0.25, -0.2) is 9.59 Å². The topological polar surface area (TPSA) is 379 Å². The number of esters is 2. The van der Waals surface area contributed by atoms with E-state index in [1.165, 1.54) is 115 Å². The fourth-order valence-electron chi connectivity index (χ4n) is 12.2. The molecule has 134 heavy (non-hydrogen) atoms. The van der Waals surface area contributed by atoms with Crippen molar-refractivity contribution in [2.75, 3.05) is 95.9 Å². The summed E-state index contributed by atoms with van der Waals surface area (Å²) in [6.45, 7) is 41.9. The molecule has 0 saturated carbocycles. The van der Waals surface area contributed by atoms with Crippen LogP contribution in [0.5, 0.6) is 0 Å². The van der Waals surface area contributed by atoms with Crippen LogP contribution < -0.4 is 21.7 Å². The van der Waals surface area contributed by atoms with E-state index in [1.807, 2.05) is 149 Å². The van der Waals surface area contributed by atoms with Gasteiger partial charge in [-0.2, -0.15) is 0 Å². The third kappa shape index (κ3) is 59.3. The van der Waals surface area contributed by atoms with Gasteiger partial charge < -0.3 is 86.2 Å². The first-order valence-corrected chi connectivity index (χ1v) is 44.6. The molecule has 0 aromatic heterocycles. The van der Waals surface area contributed by atoms with Crippen molar-refractivity contribution in [3.63, 3.8) is 0 Å². The molecular formula is C103H166B5BrN6O19. The number of hydrogen-bond acceptors (Lipinski definition) is 23. The minimum Gasteiger partial charge on any atom is -0.392 e. The Bertz CT molecular complexity index is 4440. The van der Waals surface area contributed by atoms with Gasteiger partial charge in [0.2, 0.25) is 11.8 Å². The maximum Gasteiger partial charge on any atom is 0.0684 e. The maximum atomic E-state index is 11.1. The van der Waals surface area contributed by atoms with Crippen molar-refractivity contribution in [1.29, 1.82) is 0 Å². The van der Waals surface area contributed by atoms with Crippen LogP contribution in [0.1, 0.15) is 216 Å². The summed E-state index contributed by atoms with van der Waals surface area (Å²) in [7, 11) is 14.3. The number of nitrogens with zero attached hydrogens (tertiary/aromatic N) is 2. The summed E-state index contributed by atoms with van der Waals surface area (Å²) in [6, 6.07) is 28.5. The van der Waals surface area contributed by atoms with Gasteiger partial charge in [0.25, 0.3) is 0 Å². The second kappa shape index (κ2) is 82.6. The molecule has 8 rings (SSSR count). The maximum absolute atomic E-state index is 11.1. The van der Waals surface area contributed by atoms with Crippen LogP contribution in [-0.4, -0.2) is 213 Å². The molecule has 1 fully saturated rings. The molecule has 0 bridgehead atoms. The van der Waals surface area contributed by atoms with Crippen LogP contribution in [0.25, 0.3) is 12.2 Å². The van der Waals surface area contributed by atoms with Crippen LogP contribution in [-0.2, 0) is 113 Å². The van der Waals surface area contributed by atoms with E-state index in [-0.39, 0.29) is 94.6 Å². The Morgan fingerprint density at radius 1 is 0.507 bits per heavy atom. The normalized spacial score (nSPS) is 10.4. The molecule has 7 aromatic rings. The average molecular weight is 1930 g/mol. The number of carbonyl (C=O) groups is 5. The predicted octanol–water partition coefficient (Wildman–Crippen LogP) is 15.2. The smallest absolute Gasteiger partial charge is 0.0684 e. The summed E-state index contributed by atoms with van der Waals surface area (Å²) in [5.74, 6) is -0.869. The number of aryl methyl sites for hydroxylation is 11. The van der Waals surface area contributed by atoms with Crippen LogP contribution in [0.2, 0.25) is 20.5 Å². The van der Waals surface area contributed by atoms with Gasteiger partial charge in [0.15, 0.2) is 0 Å². The molecule has 31 heteroatoms. The van der Waals surface area contributed by atoms with Gasteiger partial charge >= 0.3 is 68.4 Å². The largest absolute Gasteiger partial charge is 0.392 e. The van der Waals surface area contributed by atoms with Gasteiger partial charge in [-0.3, -0.25) is 14.4 Å². The molecule has 0 aliphatic carbocycles. The van der Waals surface area contributed by atoms with E-state index in [9.17, 15) is 64.3 Å². The van der Waals surface area contributed by atoms with Crippen LogP contribution in [0.3, 0.4) is 0 Å². The number of aldehydes is 1. The molecule has 0 spiro atoms. The number of carbonyl (C=O) groups excluding carboxylic acids is 5. The Morgan fingerprint density at radius 2 is 0.851 bits per heavy atom. The van der Waals surface area contributed by atoms with E-state index in [2.05, 4.69) is 127 Å². The molecule has 1 saturated heterocycles. The quantitative estimate of drug-likeness (QED) is 0.00346. The van der Waals surface area contributed by atoms with Gasteiger partial charge in [0, 0.05) is 70.4 Å². The third-order valence-corrected chi connectivity index (χ3v) is 22.0. The van der Waals surface area contributed by atoms with Crippen molar-refractivity contribution in [2.45, 2.75) is 244 Å². The number of hydrogen-bond donors (Lipinski definition) is 12. The molecule has 1 aliphatic rings. The fraction of sp³-hybridized carbons (Fsp3) is 0.485. The molecule has 2 amide bonds. The van der Waals surface area contributed by atoms with Crippen molar-refractivity contribution >= 4 is 95.3 Å². The van der Waals surface area contributed by atoms with Crippen LogP contribution in [0, 0.1) is 96.9 Å². The summed E-state index contributed by atoms with van der Waals surface area (Å²) < 4.78 is 24.1. The van der Waals surface area contributed by atoms with E-state index in [0.29, 0.717) is 20.0 Å². The number of nitrogens with two attached hydrogens (primary N) is 1. The molecule has 0 atom stereocenters. The average Bonchev–Trinajstić information content (AvgIpc) is 0.892. The van der Waals surface area contributed by atoms with E-state index < -0.39 is 20.1 Å². The first-order valence-electron chi connectivity index (χ1n) is 43.8. The number of nitrogens with one attached hydrogen (secondary N) is 3. The summed E-state index contributed by atoms with van der Waals surface area (Å²) >= 11 is 3.38. The number of benzene rings is 7. The van der Waals surface area contributed by atoms with Gasteiger partial charge in [0.05, 0.1) is 53.9 Å². The number of ether oxygens (including phenoxy) is 3. The first-order chi connectivity index (χ1) is 61.7. The number of amides is 2.